The Morgan fingerprint density at radius 3 is 2.14 bits per heavy atom. The molecule has 7 nitrogen and oxygen atoms in total. The Morgan fingerprint density at radius 2 is 1.52 bits per heavy atom. The fourth-order valence-electron chi connectivity index (χ4n) is 3.02. The van der Waals surface area contributed by atoms with Crippen molar-refractivity contribution in [2.75, 3.05) is 28.4 Å². The Bertz CT molecular complexity index is 1040. The van der Waals surface area contributed by atoms with E-state index in [4.69, 9.17) is 18.9 Å². The van der Waals surface area contributed by atoms with Crippen LogP contribution in [0.25, 0.3) is 10.8 Å². The zero-order valence-corrected chi connectivity index (χ0v) is 16.7. The molecule has 0 aliphatic carbocycles. The quantitative estimate of drug-likeness (QED) is 0.489. The first-order chi connectivity index (χ1) is 14.1. The van der Waals surface area contributed by atoms with Gasteiger partial charge in [0.1, 0.15) is 5.75 Å². The third-order valence-corrected chi connectivity index (χ3v) is 4.44. The van der Waals surface area contributed by atoms with E-state index in [1.165, 1.54) is 21.3 Å². The van der Waals surface area contributed by atoms with Crippen LogP contribution in [0.5, 0.6) is 23.0 Å². The van der Waals surface area contributed by atoms with Crippen LogP contribution in [0.4, 0.5) is 0 Å². The summed E-state index contributed by atoms with van der Waals surface area (Å²) in [4.78, 5) is 12.6. The summed E-state index contributed by atoms with van der Waals surface area (Å²) in [6.45, 7) is 0. The van der Waals surface area contributed by atoms with Crippen LogP contribution in [0.3, 0.4) is 0 Å². The number of amides is 1. The van der Waals surface area contributed by atoms with Gasteiger partial charge in [-0.2, -0.15) is 5.10 Å². The molecule has 3 aromatic carbocycles. The number of benzene rings is 3. The molecule has 3 rings (SSSR count). The minimum absolute atomic E-state index is 0.321. The van der Waals surface area contributed by atoms with Crippen molar-refractivity contribution in [3.05, 3.63) is 59.7 Å². The number of hydrazone groups is 1. The Hall–Kier alpha value is -3.74. The number of nitrogens with zero attached hydrogens (tertiary/aromatic N) is 1. The second kappa shape index (κ2) is 8.97. The number of hydrogen-bond donors (Lipinski definition) is 1. The number of rotatable bonds is 7. The van der Waals surface area contributed by atoms with Crippen LogP contribution in [0, 0.1) is 0 Å². The predicted molar refractivity (Wildman–Crippen MR) is 112 cm³/mol. The predicted octanol–water partition coefficient (Wildman–Crippen LogP) is 3.64. The number of nitrogens with one attached hydrogen (secondary N) is 1. The lowest BCUT2D eigenvalue weighted by atomic mass is 10.0. The van der Waals surface area contributed by atoms with Crippen molar-refractivity contribution in [1.29, 1.82) is 0 Å². The van der Waals surface area contributed by atoms with Crippen LogP contribution in [0.1, 0.15) is 15.9 Å². The topological polar surface area (TPSA) is 78.4 Å². The summed E-state index contributed by atoms with van der Waals surface area (Å²) >= 11 is 0. The maximum atomic E-state index is 12.6. The van der Waals surface area contributed by atoms with E-state index in [0.717, 1.165) is 16.3 Å². The van der Waals surface area contributed by atoms with Crippen LogP contribution in [0.15, 0.2) is 53.6 Å². The highest BCUT2D eigenvalue weighted by Crippen LogP contribution is 2.38. The number of ether oxygens (including phenoxy) is 4. The van der Waals surface area contributed by atoms with E-state index < -0.39 is 5.91 Å². The number of carbonyl (C=O) groups excluding carboxylic acids is 1. The molecule has 0 heterocycles. The normalized spacial score (nSPS) is 10.8. The smallest absolute Gasteiger partial charge is 0.271 e. The molecule has 150 valence electrons. The molecule has 0 fully saturated rings. The van der Waals surface area contributed by atoms with E-state index in [2.05, 4.69) is 10.5 Å². The van der Waals surface area contributed by atoms with Crippen molar-refractivity contribution < 1.29 is 23.7 Å². The molecule has 0 aromatic heterocycles. The highest BCUT2D eigenvalue weighted by atomic mass is 16.5. The van der Waals surface area contributed by atoms with Crippen molar-refractivity contribution in [2.45, 2.75) is 0 Å². The SMILES string of the molecule is COc1cc(C(=O)N/N=C\c2c(OC)ccc3ccccc23)cc(OC)c1OC. The first-order valence-electron chi connectivity index (χ1n) is 8.82. The number of methoxy groups -OCH3 is 4. The van der Waals surface area contributed by atoms with Gasteiger partial charge in [-0.1, -0.05) is 30.3 Å². The first-order valence-corrected chi connectivity index (χ1v) is 8.82. The molecule has 1 amide bonds. The Kier molecular flexibility index (Phi) is 6.19. The van der Waals surface area contributed by atoms with Gasteiger partial charge in [0.05, 0.1) is 34.7 Å². The molecule has 0 atom stereocenters. The number of hydrogen-bond acceptors (Lipinski definition) is 6. The molecule has 0 aliphatic rings. The van der Waals surface area contributed by atoms with E-state index in [-0.39, 0.29) is 0 Å². The van der Waals surface area contributed by atoms with Gasteiger partial charge in [0, 0.05) is 11.1 Å². The molecular formula is C22H22N2O5. The van der Waals surface area contributed by atoms with E-state index >= 15 is 0 Å². The number of fused-ring (bicyclic) bond motifs is 1. The lowest BCUT2D eigenvalue weighted by Crippen LogP contribution is -2.18. The standard InChI is InChI=1S/C22H22N2O5/c1-26-18-10-9-14-7-5-6-8-16(14)17(18)13-23-24-22(25)15-11-19(27-2)21(29-4)20(12-15)28-3/h5-13H,1-4H3,(H,24,25)/b23-13-. The summed E-state index contributed by atoms with van der Waals surface area (Å²) in [7, 11) is 6.08. The zero-order valence-electron chi connectivity index (χ0n) is 16.7. The molecule has 0 unspecified atom stereocenters. The summed E-state index contributed by atoms with van der Waals surface area (Å²) in [6, 6.07) is 14.8. The van der Waals surface area contributed by atoms with Crippen molar-refractivity contribution in [3.8, 4) is 23.0 Å². The van der Waals surface area contributed by atoms with E-state index in [9.17, 15) is 4.79 Å². The zero-order chi connectivity index (χ0) is 20.8. The van der Waals surface area contributed by atoms with Gasteiger partial charge in [0.15, 0.2) is 11.5 Å². The fourth-order valence-corrected chi connectivity index (χ4v) is 3.02. The molecule has 29 heavy (non-hydrogen) atoms. The summed E-state index contributed by atoms with van der Waals surface area (Å²) in [5.74, 6) is 1.43. The third-order valence-electron chi connectivity index (χ3n) is 4.44. The van der Waals surface area contributed by atoms with Gasteiger partial charge in [0.2, 0.25) is 5.75 Å². The van der Waals surface area contributed by atoms with Gasteiger partial charge >= 0.3 is 0 Å². The largest absolute Gasteiger partial charge is 0.496 e. The third kappa shape index (κ3) is 4.08. The molecule has 3 aromatic rings. The molecule has 0 radical (unpaired) electrons. The molecule has 0 spiro atoms. The monoisotopic (exact) mass is 394 g/mol. The molecule has 1 N–H and O–H groups in total. The maximum absolute atomic E-state index is 12.6. The Labute approximate surface area is 168 Å². The van der Waals surface area contributed by atoms with Gasteiger partial charge < -0.3 is 18.9 Å². The number of carbonyl (C=O) groups is 1. The molecule has 0 bridgehead atoms. The summed E-state index contributed by atoms with van der Waals surface area (Å²) in [5.41, 5.74) is 3.62. The van der Waals surface area contributed by atoms with Crippen LogP contribution >= 0.6 is 0 Å². The minimum Gasteiger partial charge on any atom is -0.496 e. The second-order valence-electron chi connectivity index (χ2n) is 6.02. The average Bonchev–Trinajstić information content (AvgIpc) is 2.77. The lowest BCUT2D eigenvalue weighted by molar-refractivity contribution is 0.0954. The van der Waals surface area contributed by atoms with Crippen molar-refractivity contribution in [2.24, 2.45) is 5.10 Å². The Morgan fingerprint density at radius 1 is 0.862 bits per heavy atom. The first kappa shape index (κ1) is 20.0. The molecular weight excluding hydrogens is 372 g/mol. The van der Waals surface area contributed by atoms with Gasteiger partial charge in [-0.15, -0.1) is 0 Å². The average molecular weight is 394 g/mol. The van der Waals surface area contributed by atoms with Crippen LogP contribution < -0.4 is 24.4 Å². The fraction of sp³-hybridized carbons (Fsp3) is 0.182. The summed E-state index contributed by atoms with van der Waals surface area (Å²) in [5, 5.41) is 6.13. The lowest BCUT2D eigenvalue weighted by Gasteiger charge is -2.13. The summed E-state index contributed by atoms with van der Waals surface area (Å²) < 4.78 is 21.3. The minimum atomic E-state index is -0.417. The maximum Gasteiger partial charge on any atom is 0.271 e. The Balaban J connectivity index is 1.88. The van der Waals surface area contributed by atoms with Crippen LogP contribution in [-0.2, 0) is 0 Å². The highest BCUT2D eigenvalue weighted by molar-refractivity contribution is 6.03. The van der Waals surface area contributed by atoms with E-state index in [1.54, 1.807) is 25.5 Å². The van der Waals surface area contributed by atoms with Gasteiger partial charge in [-0.25, -0.2) is 5.43 Å². The van der Waals surface area contributed by atoms with Gasteiger partial charge in [-0.3, -0.25) is 4.79 Å². The molecule has 7 heteroatoms. The van der Waals surface area contributed by atoms with Crippen LogP contribution in [0.2, 0.25) is 0 Å². The second-order valence-corrected chi connectivity index (χ2v) is 6.02. The van der Waals surface area contributed by atoms with Gasteiger partial charge in [-0.05, 0) is 29.0 Å². The van der Waals surface area contributed by atoms with E-state index in [0.29, 0.717) is 28.6 Å². The van der Waals surface area contributed by atoms with E-state index in [1.807, 2.05) is 36.4 Å². The van der Waals surface area contributed by atoms with Crippen molar-refractivity contribution in [3.63, 3.8) is 0 Å². The summed E-state index contributed by atoms with van der Waals surface area (Å²) in [6.07, 6.45) is 1.57. The van der Waals surface area contributed by atoms with Crippen molar-refractivity contribution >= 4 is 22.9 Å². The molecule has 0 aliphatic heterocycles. The molecule has 0 saturated heterocycles. The van der Waals surface area contributed by atoms with Crippen molar-refractivity contribution in [1.82, 2.24) is 5.43 Å². The highest BCUT2D eigenvalue weighted by Gasteiger charge is 2.16. The van der Waals surface area contributed by atoms with Crippen LogP contribution in [-0.4, -0.2) is 40.6 Å². The van der Waals surface area contributed by atoms with Gasteiger partial charge in [0.25, 0.3) is 5.91 Å². The molecule has 0 saturated carbocycles.